The van der Waals surface area contributed by atoms with Gasteiger partial charge in [0.15, 0.2) is 0 Å². The summed E-state index contributed by atoms with van der Waals surface area (Å²) in [7, 11) is 0. The summed E-state index contributed by atoms with van der Waals surface area (Å²) in [6.07, 6.45) is 2.87. The SMILES string of the molecule is O=C1CCCC1CN1CCN(c2ccccc2F)CC1. The van der Waals surface area contributed by atoms with Gasteiger partial charge in [-0.15, -0.1) is 0 Å². The van der Waals surface area contributed by atoms with E-state index in [0.717, 1.165) is 52.0 Å². The number of ketones is 1. The van der Waals surface area contributed by atoms with Gasteiger partial charge >= 0.3 is 0 Å². The Morgan fingerprint density at radius 1 is 1.15 bits per heavy atom. The molecular weight excluding hydrogens is 255 g/mol. The Labute approximate surface area is 119 Å². The molecule has 20 heavy (non-hydrogen) atoms. The van der Waals surface area contributed by atoms with Crippen molar-refractivity contribution in [1.82, 2.24) is 4.90 Å². The summed E-state index contributed by atoms with van der Waals surface area (Å²) in [5.41, 5.74) is 0.698. The highest BCUT2D eigenvalue weighted by Crippen LogP contribution is 2.24. The van der Waals surface area contributed by atoms with Gasteiger partial charge in [0.05, 0.1) is 5.69 Å². The van der Waals surface area contributed by atoms with E-state index in [1.54, 1.807) is 6.07 Å². The number of piperazine rings is 1. The van der Waals surface area contributed by atoms with Crippen LogP contribution in [0.3, 0.4) is 0 Å². The van der Waals surface area contributed by atoms with Gasteiger partial charge in [0.2, 0.25) is 0 Å². The number of hydrogen-bond acceptors (Lipinski definition) is 3. The molecule has 1 unspecified atom stereocenters. The van der Waals surface area contributed by atoms with Crippen molar-refractivity contribution in [3.63, 3.8) is 0 Å². The summed E-state index contributed by atoms with van der Waals surface area (Å²) in [5, 5.41) is 0. The first-order chi connectivity index (χ1) is 9.74. The quantitative estimate of drug-likeness (QED) is 0.846. The fraction of sp³-hybridized carbons (Fsp3) is 0.562. The summed E-state index contributed by atoms with van der Waals surface area (Å²) in [6, 6.07) is 6.95. The van der Waals surface area contributed by atoms with Crippen molar-refractivity contribution in [3.05, 3.63) is 30.1 Å². The first-order valence-corrected chi connectivity index (χ1v) is 7.48. The number of rotatable bonds is 3. The van der Waals surface area contributed by atoms with E-state index in [1.807, 2.05) is 12.1 Å². The third-order valence-electron chi connectivity index (χ3n) is 4.48. The summed E-state index contributed by atoms with van der Waals surface area (Å²) >= 11 is 0. The lowest BCUT2D eigenvalue weighted by atomic mass is 10.1. The average Bonchev–Trinajstić information content (AvgIpc) is 2.86. The molecule has 1 aliphatic carbocycles. The maximum absolute atomic E-state index is 13.8. The number of hydrogen-bond donors (Lipinski definition) is 0. The summed E-state index contributed by atoms with van der Waals surface area (Å²) < 4.78 is 13.8. The average molecular weight is 276 g/mol. The molecule has 0 spiro atoms. The molecular formula is C16H21FN2O. The summed E-state index contributed by atoms with van der Waals surface area (Å²) in [5.74, 6) is 0.531. The zero-order valence-corrected chi connectivity index (χ0v) is 11.7. The highest BCUT2D eigenvalue weighted by atomic mass is 19.1. The van der Waals surface area contributed by atoms with Gasteiger partial charge in [-0.2, -0.15) is 0 Å². The van der Waals surface area contributed by atoms with E-state index in [1.165, 1.54) is 6.07 Å². The van der Waals surface area contributed by atoms with Crippen molar-refractivity contribution in [1.29, 1.82) is 0 Å². The van der Waals surface area contributed by atoms with Crippen LogP contribution in [0.2, 0.25) is 0 Å². The van der Waals surface area contributed by atoms with Crippen molar-refractivity contribution < 1.29 is 9.18 Å². The number of Topliss-reactive ketones (excluding diaryl/α,β-unsaturated/α-hetero) is 1. The lowest BCUT2D eigenvalue weighted by Crippen LogP contribution is -2.48. The van der Waals surface area contributed by atoms with E-state index in [0.29, 0.717) is 11.5 Å². The molecule has 0 bridgehead atoms. The Kier molecular flexibility index (Phi) is 4.01. The minimum absolute atomic E-state index is 0.146. The normalized spacial score (nSPS) is 24.4. The molecule has 0 amide bonds. The largest absolute Gasteiger partial charge is 0.367 e. The van der Waals surface area contributed by atoms with Crippen LogP contribution in [-0.2, 0) is 4.79 Å². The molecule has 108 valence electrons. The smallest absolute Gasteiger partial charge is 0.146 e. The van der Waals surface area contributed by atoms with Crippen LogP contribution in [0.1, 0.15) is 19.3 Å². The number of benzene rings is 1. The van der Waals surface area contributed by atoms with Gasteiger partial charge in [-0.25, -0.2) is 4.39 Å². The predicted molar refractivity (Wildman–Crippen MR) is 77.4 cm³/mol. The Bertz CT molecular complexity index is 483. The van der Waals surface area contributed by atoms with Crippen LogP contribution in [0.25, 0.3) is 0 Å². The topological polar surface area (TPSA) is 23.6 Å². The van der Waals surface area contributed by atoms with Gasteiger partial charge in [-0.1, -0.05) is 12.1 Å². The summed E-state index contributed by atoms with van der Waals surface area (Å²) in [4.78, 5) is 16.1. The molecule has 2 aliphatic rings. The molecule has 0 N–H and O–H groups in total. The zero-order chi connectivity index (χ0) is 13.9. The number of halogens is 1. The first kappa shape index (κ1) is 13.6. The first-order valence-electron chi connectivity index (χ1n) is 7.48. The molecule has 0 radical (unpaired) electrons. The van der Waals surface area contributed by atoms with Crippen LogP contribution in [0.4, 0.5) is 10.1 Å². The zero-order valence-electron chi connectivity index (χ0n) is 11.7. The molecule has 1 aromatic carbocycles. The molecule has 1 heterocycles. The summed E-state index contributed by atoms with van der Waals surface area (Å²) in [6.45, 7) is 4.39. The predicted octanol–water partition coefficient (Wildman–Crippen LogP) is 2.32. The molecule has 1 atom stereocenters. The third kappa shape index (κ3) is 2.85. The number of nitrogens with zero attached hydrogens (tertiary/aromatic N) is 2. The van der Waals surface area contributed by atoms with Gasteiger partial charge in [0.25, 0.3) is 0 Å². The number of anilines is 1. The van der Waals surface area contributed by atoms with E-state index in [9.17, 15) is 9.18 Å². The standard InChI is InChI=1S/C16H21FN2O/c17-14-5-1-2-6-15(14)19-10-8-18(9-11-19)12-13-4-3-7-16(13)20/h1-2,5-6,13H,3-4,7-12H2. The fourth-order valence-electron chi connectivity index (χ4n) is 3.27. The molecule has 1 saturated carbocycles. The molecule has 0 aromatic heterocycles. The van der Waals surface area contributed by atoms with Crippen LogP contribution in [-0.4, -0.2) is 43.4 Å². The Balaban J connectivity index is 1.54. The highest BCUT2D eigenvalue weighted by Gasteiger charge is 2.28. The monoisotopic (exact) mass is 276 g/mol. The van der Waals surface area contributed by atoms with Crippen molar-refractivity contribution in [3.8, 4) is 0 Å². The number of carbonyl (C=O) groups is 1. The second-order valence-corrected chi connectivity index (χ2v) is 5.79. The Morgan fingerprint density at radius 2 is 1.90 bits per heavy atom. The molecule has 1 aliphatic heterocycles. The molecule has 2 fully saturated rings. The van der Waals surface area contributed by atoms with Crippen molar-refractivity contribution >= 4 is 11.5 Å². The highest BCUT2D eigenvalue weighted by molar-refractivity contribution is 5.83. The minimum atomic E-state index is -0.146. The van der Waals surface area contributed by atoms with E-state index in [2.05, 4.69) is 9.80 Å². The maximum Gasteiger partial charge on any atom is 0.146 e. The number of para-hydroxylation sites is 1. The minimum Gasteiger partial charge on any atom is -0.367 e. The van der Waals surface area contributed by atoms with Crippen LogP contribution in [0.15, 0.2) is 24.3 Å². The molecule has 3 rings (SSSR count). The number of carbonyl (C=O) groups excluding carboxylic acids is 1. The van der Waals surface area contributed by atoms with Crippen LogP contribution < -0.4 is 4.90 Å². The van der Waals surface area contributed by atoms with Crippen molar-refractivity contribution in [2.45, 2.75) is 19.3 Å². The van der Waals surface area contributed by atoms with Gasteiger partial charge in [-0.05, 0) is 25.0 Å². The van der Waals surface area contributed by atoms with Crippen LogP contribution >= 0.6 is 0 Å². The van der Waals surface area contributed by atoms with Crippen molar-refractivity contribution in [2.24, 2.45) is 5.92 Å². The van der Waals surface area contributed by atoms with Crippen LogP contribution in [0.5, 0.6) is 0 Å². The van der Waals surface area contributed by atoms with Gasteiger partial charge in [-0.3, -0.25) is 9.69 Å². The second-order valence-electron chi connectivity index (χ2n) is 5.79. The third-order valence-corrected chi connectivity index (χ3v) is 4.48. The molecule has 3 nitrogen and oxygen atoms in total. The van der Waals surface area contributed by atoms with E-state index >= 15 is 0 Å². The Hall–Kier alpha value is -1.42. The van der Waals surface area contributed by atoms with E-state index < -0.39 is 0 Å². The molecule has 4 heteroatoms. The Morgan fingerprint density at radius 3 is 2.55 bits per heavy atom. The fourth-order valence-corrected chi connectivity index (χ4v) is 3.27. The van der Waals surface area contributed by atoms with E-state index in [4.69, 9.17) is 0 Å². The second kappa shape index (κ2) is 5.92. The van der Waals surface area contributed by atoms with Gasteiger partial charge in [0, 0.05) is 45.1 Å². The maximum atomic E-state index is 13.8. The molecule has 1 aromatic rings. The van der Waals surface area contributed by atoms with Gasteiger partial charge < -0.3 is 4.90 Å². The van der Waals surface area contributed by atoms with E-state index in [-0.39, 0.29) is 11.7 Å². The van der Waals surface area contributed by atoms with Gasteiger partial charge in [0.1, 0.15) is 11.6 Å². The lowest BCUT2D eigenvalue weighted by Gasteiger charge is -2.37. The lowest BCUT2D eigenvalue weighted by molar-refractivity contribution is -0.121. The van der Waals surface area contributed by atoms with Crippen molar-refractivity contribution in [2.75, 3.05) is 37.6 Å². The van der Waals surface area contributed by atoms with Crippen LogP contribution in [0, 0.1) is 11.7 Å². The molecule has 1 saturated heterocycles.